The number of rotatable bonds is 12. The van der Waals surface area contributed by atoms with Crippen LogP contribution in [0.2, 0.25) is 0 Å². The molecule has 0 spiro atoms. The van der Waals surface area contributed by atoms with Crippen LogP contribution in [-0.4, -0.2) is 49.6 Å². The van der Waals surface area contributed by atoms with Gasteiger partial charge in [0.05, 0.1) is 7.11 Å². The van der Waals surface area contributed by atoms with Crippen LogP contribution in [0.4, 0.5) is 0 Å². The summed E-state index contributed by atoms with van der Waals surface area (Å²) in [5.41, 5.74) is 3.88. The summed E-state index contributed by atoms with van der Waals surface area (Å²) < 4.78 is 11.6. The van der Waals surface area contributed by atoms with E-state index in [9.17, 15) is 9.90 Å². The van der Waals surface area contributed by atoms with E-state index in [1.807, 2.05) is 49.4 Å². The Morgan fingerprint density at radius 1 is 1.08 bits per heavy atom. The number of benzene rings is 2. The summed E-state index contributed by atoms with van der Waals surface area (Å²) in [6.45, 7) is 9.65. The van der Waals surface area contributed by atoms with E-state index in [2.05, 4.69) is 11.5 Å². The quantitative estimate of drug-likeness (QED) is 0.203. The van der Waals surface area contributed by atoms with E-state index in [1.54, 1.807) is 31.4 Å². The largest absolute Gasteiger partial charge is 0.508 e. The van der Waals surface area contributed by atoms with Crippen LogP contribution in [0.3, 0.4) is 0 Å². The van der Waals surface area contributed by atoms with Crippen LogP contribution in [-0.2, 0) is 11.2 Å². The third-order valence-corrected chi connectivity index (χ3v) is 6.59. The lowest BCUT2D eigenvalue weighted by atomic mass is 9.89. The maximum atomic E-state index is 12.4. The molecule has 37 heavy (non-hydrogen) atoms. The van der Waals surface area contributed by atoms with Gasteiger partial charge < -0.3 is 14.6 Å². The van der Waals surface area contributed by atoms with Gasteiger partial charge in [-0.1, -0.05) is 55.9 Å². The van der Waals surface area contributed by atoms with E-state index < -0.39 is 0 Å². The average molecular weight is 502 g/mol. The molecule has 0 atom stereocenters. The average Bonchev–Trinajstić information content (AvgIpc) is 3.18. The highest BCUT2D eigenvalue weighted by molar-refractivity contribution is 5.96. The van der Waals surface area contributed by atoms with Crippen molar-refractivity contribution in [1.29, 1.82) is 0 Å². The van der Waals surface area contributed by atoms with Gasteiger partial charge in [0.2, 0.25) is 0 Å². The molecule has 5 heteroatoms. The normalized spacial score (nSPS) is 15.7. The van der Waals surface area contributed by atoms with Crippen LogP contribution in [0.1, 0.15) is 43.7 Å². The zero-order chi connectivity index (χ0) is 26.5. The second-order valence-electron chi connectivity index (χ2n) is 9.18. The van der Waals surface area contributed by atoms with E-state index in [4.69, 9.17) is 9.47 Å². The molecule has 3 rings (SSSR count). The number of nitrogens with zero attached hydrogens (tertiary/aromatic N) is 1. The van der Waals surface area contributed by atoms with E-state index in [0.717, 1.165) is 53.9 Å². The molecule has 5 nitrogen and oxygen atoms in total. The highest BCUT2D eigenvalue weighted by atomic mass is 16.5. The molecule has 0 aromatic heterocycles. The van der Waals surface area contributed by atoms with Crippen LogP contribution < -0.4 is 9.47 Å². The molecule has 0 aliphatic carbocycles. The van der Waals surface area contributed by atoms with Crippen molar-refractivity contribution in [2.45, 2.75) is 39.0 Å². The number of phenolic OH excluding ortho intramolecular Hbond substituents is 1. The first-order valence-electron chi connectivity index (χ1n) is 13.0. The Labute approximate surface area is 221 Å². The predicted octanol–water partition coefficient (Wildman–Crippen LogP) is 6.54. The first-order valence-corrected chi connectivity index (χ1v) is 13.0. The molecule has 1 heterocycles. The van der Waals surface area contributed by atoms with Gasteiger partial charge >= 0.3 is 0 Å². The molecular formula is C32H39NO4. The van der Waals surface area contributed by atoms with Crippen molar-refractivity contribution >= 4 is 11.9 Å². The van der Waals surface area contributed by atoms with Crippen LogP contribution in [0.25, 0.3) is 5.57 Å². The molecule has 0 unspecified atom stereocenters. The van der Waals surface area contributed by atoms with Crippen molar-refractivity contribution in [3.05, 3.63) is 95.6 Å². The van der Waals surface area contributed by atoms with Crippen molar-refractivity contribution in [3.63, 3.8) is 0 Å². The lowest BCUT2D eigenvalue weighted by Gasteiger charge is -2.20. The number of likely N-dealkylation sites (tertiary alicyclic amines) is 1. The van der Waals surface area contributed by atoms with Gasteiger partial charge in [-0.15, -0.1) is 0 Å². The fourth-order valence-electron chi connectivity index (χ4n) is 4.68. The van der Waals surface area contributed by atoms with Crippen molar-refractivity contribution in [3.8, 4) is 17.2 Å². The molecule has 1 aliphatic heterocycles. The van der Waals surface area contributed by atoms with E-state index in [-0.39, 0.29) is 5.75 Å². The lowest BCUT2D eigenvalue weighted by Crippen LogP contribution is -2.29. The fourth-order valence-corrected chi connectivity index (χ4v) is 4.68. The topological polar surface area (TPSA) is 59.0 Å². The van der Waals surface area contributed by atoms with Gasteiger partial charge in [-0.2, -0.15) is 0 Å². The number of allylic oxidation sites excluding steroid dienone is 7. The van der Waals surface area contributed by atoms with Gasteiger partial charge in [0.25, 0.3) is 0 Å². The maximum absolute atomic E-state index is 12.4. The number of carbonyl (C=O) groups is 1. The fraction of sp³-hybridized carbons (Fsp3) is 0.344. The van der Waals surface area contributed by atoms with Crippen LogP contribution in [0, 0.1) is 0 Å². The number of phenols is 1. The Hall–Kier alpha value is -3.57. The van der Waals surface area contributed by atoms with Crippen molar-refractivity contribution in [2.75, 3.05) is 33.4 Å². The van der Waals surface area contributed by atoms with Gasteiger partial charge in [0, 0.05) is 23.7 Å². The summed E-state index contributed by atoms with van der Waals surface area (Å²) in [4.78, 5) is 14.9. The molecule has 2 aromatic rings. The smallest absolute Gasteiger partial charge is 0.150 e. The Balaban J connectivity index is 1.86. The van der Waals surface area contributed by atoms with Gasteiger partial charge in [0.15, 0.2) is 6.29 Å². The standard InChI is InChI=1S/C32H39NO4/c1-4-10-26(11-5-2)31(24-34)30(29-17-14-27(35)23-32(29)36-3)22-25-12-15-28(16-13-25)37-21-20-33-18-8-6-7-9-19-33/h4-5,10-17,23-24,35H,1,6-9,18-22H2,2-3H3/b11-5-,26-10+,31-30+. The minimum absolute atomic E-state index is 0.101. The number of methoxy groups -OCH3 is 1. The molecule has 1 aliphatic rings. The third-order valence-electron chi connectivity index (χ3n) is 6.59. The van der Waals surface area contributed by atoms with E-state index >= 15 is 0 Å². The molecule has 196 valence electrons. The van der Waals surface area contributed by atoms with Crippen molar-refractivity contribution in [2.24, 2.45) is 0 Å². The van der Waals surface area contributed by atoms with Crippen LogP contribution in [0.15, 0.2) is 84.5 Å². The molecule has 1 N–H and O–H groups in total. The van der Waals surface area contributed by atoms with Crippen molar-refractivity contribution < 1.29 is 19.4 Å². The van der Waals surface area contributed by atoms with Crippen LogP contribution in [0.5, 0.6) is 17.2 Å². The van der Waals surface area contributed by atoms with Gasteiger partial charge in [-0.05, 0) is 80.3 Å². The number of ether oxygens (including phenoxy) is 2. The number of hydrogen-bond acceptors (Lipinski definition) is 5. The highest BCUT2D eigenvalue weighted by Crippen LogP contribution is 2.35. The molecule has 2 aromatic carbocycles. The first-order chi connectivity index (χ1) is 18.1. The Kier molecular flexibility index (Phi) is 11.2. The number of aldehydes is 1. The molecule has 1 saturated heterocycles. The SMILES string of the molecule is C=C/C=C(\C=C/C)C(/C=O)=C(\Cc1ccc(OCCN2CCCCCC2)cc1)c1ccc(O)cc1OC. The number of aromatic hydroxyl groups is 1. The van der Waals surface area contributed by atoms with Crippen LogP contribution >= 0.6 is 0 Å². The summed E-state index contributed by atoms with van der Waals surface area (Å²) >= 11 is 0. The highest BCUT2D eigenvalue weighted by Gasteiger charge is 2.17. The zero-order valence-corrected chi connectivity index (χ0v) is 22.1. The second-order valence-corrected chi connectivity index (χ2v) is 9.18. The zero-order valence-electron chi connectivity index (χ0n) is 22.1. The maximum Gasteiger partial charge on any atom is 0.150 e. The summed E-state index contributed by atoms with van der Waals surface area (Å²) in [6.07, 6.45) is 13.8. The molecule has 0 bridgehead atoms. The van der Waals surface area contributed by atoms with Gasteiger partial charge in [-0.3, -0.25) is 9.69 Å². The minimum Gasteiger partial charge on any atom is -0.508 e. The lowest BCUT2D eigenvalue weighted by molar-refractivity contribution is -0.104. The summed E-state index contributed by atoms with van der Waals surface area (Å²) in [7, 11) is 1.56. The minimum atomic E-state index is 0.101. The summed E-state index contributed by atoms with van der Waals surface area (Å²) in [5.74, 6) is 1.44. The van der Waals surface area contributed by atoms with E-state index in [0.29, 0.717) is 24.4 Å². The second kappa shape index (κ2) is 14.9. The number of carbonyl (C=O) groups excluding carboxylic acids is 1. The van der Waals surface area contributed by atoms with Gasteiger partial charge in [0.1, 0.15) is 23.9 Å². The number of hydrogen-bond donors (Lipinski definition) is 1. The Morgan fingerprint density at radius 2 is 1.81 bits per heavy atom. The summed E-state index contributed by atoms with van der Waals surface area (Å²) in [6, 6.07) is 13.0. The van der Waals surface area contributed by atoms with Gasteiger partial charge in [-0.25, -0.2) is 0 Å². The molecule has 0 saturated carbocycles. The predicted molar refractivity (Wildman–Crippen MR) is 151 cm³/mol. The molecule has 0 amide bonds. The Morgan fingerprint density at radius 3 is 2.43 bits per heavy atom. The third kappa shape index (κ3) is 8.22. The molecule has 0 radical (unpaired) electrons. The molecule has 1 fully saturated rings. The Bertz CT molecular complexity index is 1120. The first kappa shape index (κ1) is 28.0. The summed E-state index contributed by atoms with van der Waals surface area (Å²) in [5, 5.41) is 9.99. The monoisotopic (exact) mass is 501 g/mol. The van der Waals surface area contributed by atoms with E-state index in [1.165, 1.54) is 25.7 Å². The molecular weight excluding hydrogens is 462 g/mol. The van der Waals surface area contributed by atoms with Crippen molar-refractivity contribution in [1.82, 2.24) is 4.90 Å².